The van der Waals surface area contributed by atoms with E-state index in [1.165, 1.54) is 22.7 Å². The van der Waals surface area contributed by atoms with Gasteiger partial charge in [-0.25, -0.2) is 19.6 Å². The molecule has 0 bridgehead atoms. The highest BCUT2D eigenvalue weighted by atomic mass is 32.2. The topological polar surface area (TPSA) is 140 Å². The van der Waals surface area contributed by atoms with Gasteiger partial charge < -0.3 is 30.1 Å². The molecule has 0 saturated heterocycles. The van der Waals surface area contributed by atoms with Gasteiger partial charge in [-0.2, -0.15) is 0 Å². The SMILES string of the molecule is CCOC(=O)c1c(N)nc(SC)n1C.CCOC(=O)c1c(N)ncn1C. The number of nitrogens with two attached hydrogens (primary N) is 2. The Balaban J connectivity index is 0.000000263. The molecule has 0 fully saturated rings. The lowest BCUT2D eigenvalue weighted by atomic mass is 10.4. The van der Waals surface area contributed by atoms with Crippen LogP contribution < -0.4 is 11.5 Å². The van der Waals surface area contributed by atoms with Gasteiger partial charge in [-0.1, -0.05) is 11.8 Å². The molecule has 0 radical (unpaired) electrons. The van der Waals surface area contributed by atoms with Crippen LogP contribution in [0, 0.1) is 0 Å². The second-order valence-corrected chi connectivity index (χ2v) is 5.70. The Bertz CT molecular complexity index is 751. The van der Waals surface area contributed by atoms with Gasteiger partial charge >= 0.3 is 11.9 Å². The van der Waals surface area contributed by atoms with Gasteiger partial charge in [-0.3, -0.25) is 0 Å². The van der Waals surface area contributed by atoms with Crippen LogP contribution in [0.2, 0.25) is 0 Å². The summed E-state index contributed by atoms with van der Waals surface area (Å²) in [5.74, 6) is -0.443. The highest BCUT2D eigenvalue weighted by Crippen LogP contribution is 2.20. The highest BCUT2D eigenvalue weighted by Gasteiger charge is 2.19. The lowest BCUT2D eigenvalue weighted by Gasteiger charge is -2.03. The summed E-state index contributed by atoms with van der Waals surface area (Å²) in [5.41, 5.74) is 11.7. The number of hydrogen-bond donors (Lipinski definition) is 2. The first kappa shape index (κ1) is 21.4. The standard InChI is InChI=1S/C8H13N3O2S.C7H11N3O2/c1-4-13-7(12)5-6(9)10-8(14-3)11(5)2;1-3-12-7(11)5-6(8)9-4-10(5)2/h4,9H2,1-3H3;4H,3,8H2,1-2H3. The summed E-state index contributed by atoms with van der Waals surface area (Å²) in [4.78, 5) is 30.4. The Morgan fingerprint density at radius 1 is 1.08 bits per heavy atom. The summed E-state index contributed by atoms with van der Waals surface area (Å²) in [7, 11) is 3.43. The van der Waals surface area contributed by atoms with Crippen LogP contribution in [0.5, 0.6) is 0 Å². The van der Waals surface area contributed by atoms with E-state index in [0.29, 0.717) is 29.8 Å². The molecule has 26 heavy (non-hydrogen) atoms. The first-order chi connectivity index (χ1) is 12.3. The van der Waals surface area contributed by atoms with Gasteiger partial charge in [0.1, 0.15) is 0 Å². The lowest BCUT2D eigenvalue weighted by Crippen LogP contribution is -2.12. The maximum Gasteiger partial charge on any atom is 0.358 e. The van der Waals surface area contributed by atoms with Crippen molar-refractivity contribution in [2.75, 3.05) is 30.9 Å². The van der Waals surface area contributed by atoms with Crippen molar-refractivity contribution < 1.29 is 19.1 Å². The summed E-state index contributed by atoms with van der Waals surface area (Å²) < 4.78 is 12.8. The maximum absolute atomic E-state index is 11.4. The molecule has 10 nitrogen and oxygen atoms in total. The van der Waals surface area contributed by atoms with E-state index >= 15 is 0 Å². The summed E-state index contributed by atoms with van der Waals surface area (Å²) in [5, 5.41) is 0.700. The highest BCUT2D eigenvalue weighted by molar-refractivity contribution is 7.98. The maximum atomic E-state index is 11.4. The van der Waals surface area contributed by atoms with E-state index in [1.54, 1.807) is 32.5 Å². The molecule has 0 amide bonds. The van der Waals surface area contributed by atoms with Crippen LogP contribution in [0.4, 0.5) is 11.6 Å². The zero-order chi connectivity index (χ0) is 19.9. The van der Waals surface area contributed by atoms with Crippen LogP contribution in [-0.2, 0) is 23.6 Å². The number of thioether (sulfide) groups is 1. The number of aryl methyl sites for hydroxylation is 1. The van der Waals surface area contributed by atoms with Gasteiger partial charge in [-0.05, 0) is 20.1 Å². The lowest BCUT2D eigenvalue weighted by molar-refractivity contribution is 0.0506. The summed E-state index contributed by atoms with van der Waals surface area (Å²) in [6.07, 6.45) is 3.35. The number of nitrogens with zero attached hydrogens (tertiary/aromatic N) is 4. The second-order valence-electron chi connectivity index (χ2n) is 4.92. The zero-order valence-electron chi connectivity index (χ0n) is 15.5. The molecule has 0 aliphatic carbocycles. The van der Waals surface area contributed by atoms with Crippen molar-refractivity contribution in [3.8, 4) is 0 Å². The molecule has 2 aromatic rings. The third kappa shape index (κ3) is 4.91. The van der Waals surface area contributed by atoms with Crippen molar-refractivity contribution >= 4 is 35.3 Å². The molecule has 2 heterocycles. The fourth-order valence-electron chi connectivity index (χ4n) is 2.02. The number of ether oxygens (including phenoxy) is 2. The number of rotatable bonds is 5. The third-order valence-corrected chi connectivity index (χ3v) is 3.90. The van der Waals surface area contributed by atoms with E-state index in [1.807, 2.05) is 6.26 Å². The van der Waals surface area contributed by atoms with E-state index in [9.17, 15) is 9.59 Å². The third-order valence-electron chi connectivity index (χ3n) is 3.17. The first-order valence-electron chi connectivity index (χ1n) is 7.75. The van der Waals surface area contributed by atoms with Crippen LogP contribution in [0.1, 0.15) is 34.8 Å². The Morgan fingerprint density at radius 2 is 1.62 bits per heavy atom. The first-order valence-corrected chi connectivity index (χ1v) is 8.97. The molecule has 0 unspecified atom stereocenters. The van der Waals surface area contributed by atoms with Crippen LogP contribution in [-0.4, -0.2) is 50.5 Å². The van der Waals surface area contributed by atoms with Crippen molar-refractivity contribution in [1.29, 1.82) is 0 Å². The van der Waals surface area contributed by atoms with Gasteiger partial charge in [0.15, 0.2) is 28.2 Å². The van der Waals surface area contributed by atoms with Crippen LogP contribution in [0.25, 0.3) is 0 Å². The van der Waals surface area contributed by atoms with Gasteiger partial charge in [0, 0.05) is 14.1 Å². The van der Waals surface area contributed by atoms with E-state index < -0.39 is 11.9 Å². The van der Waals surface area contributed by atoms with Gasteiger partial charge in [-0.15, -0.1) is 0 Å². The van der Waals surface area contributed by atoms with Crippen molar-refractivity contribution in [3.63, 3.8) is 0 Å². The number of imidazole rings is 2. The molecule has 4 N–H and O–H groups in total. The molecule has 144 valence electrons. The molecular weight excluding hydrogens is 360 g/mol. The molecule has 0 aromatic carbocycles. The van der Waals surface area contributed by atoms with E-state index in [-0.39, 0.29) is 11.6 Å². The average molecular weight is 384 g/mol. The summed E-state index contributed by atoms with van der Waals surface area (Å²) >= 11 is 1.43. The van der Waals surface area contributed by atoms with E-state index in [4.69, 9.17) is 20.9 Å². The molecule has 0 spiro atoms. The fourth-order valence-corrected chi connectivity index (χ4v) is 2.57. The van der Waals surface area contributed by atoms with Gasteiger partial charge in [0.05, 0.1) is 19.5 Å². The van der Waals surface area contributed by atoms with E-state index in [2.05, 4.69) is 9.97 Å². The smallest absolute Gasteiger partial charge is 0.358 e. The average Bonchev–Trinajstić information content (AvgIpc) is 3.07. The minimum absolute atomic E-state index is 0.205. The molecule has 0 aliphatic rings. The minimum atomic E-state index is -0.435. The number of carbonyl (C=O) groups excluding carboxylic acids is 2. The Hall–Kier alpha value is -2.69. The zero-order valence-corrected chi connectivity index (χ0v) is 16.3. The molecule has 11 heteroatoms. The second kappa shape index (κ2) is 9.70. The summed E-state index contributed by atoms with van der Waals surface area (Å²) in [6, 6.07) is 0. The minimum Gasteiger partial charge on any atom is -0.461 e. The number of hydrogen-bond acceptors (Lipinski definition) is 9. The predicted molar refractivity (Wildman–Crippen MR) is 98.9 cm³/mol. The van der Waals surface area contributed by atoms with Gasteiger partial charge in [0.2, 0.25) is 0 Å². The van der Waals surface area contributed by atoms with E-state index in [0.717, 1.165) is 0 Å². The number of anilines is 2. The predicted octanol–water partition coefficient (Wildman–Crippen LogP) is 1.08. The number of nitrogen functional groups attached to an aromatic ring is 2. The van der Waals surface area contributed by atoms with Crippen LogP contribution >= 0.6 is 11.8 Å². The molecule has 2 aromatic heterocycles. The molecule has 2 rings (SSSR count). The Morgan fingerprint density at radius 3 is 2.00 bits per heavy atom. The molecule has 0 aliphatic heterocycles. The number of aromatic nitrogens is 4. The quantitative estimate of drug-likeness (QED) is 0.572. The van der Waals surface area contributed by atoms with Crippen LogP contribution in [0.15, 0.2) is 11.5 Å². The molecular formula is C15H24N6O4S. The van der Waals surface area contributed by atoms with Crippen molar-refractivity contribution in [2.24, 2.45) is 14.1 Å². The molecule has 0 saturated carbocycles. The Labute approximate surface area is 155 Å². The number of carbonyl (C=O) groups is 2. The normalized spacial score (nSPS) is 10.0. The largest absolute Gasteiger partial charge is 0.461 e. The van der Waals surface area contributed by atoms with Crippen LogP contribution in [0.3, 0.4) is 0 Å². The van der Waals surface area contributed by atoms with Crippen molar-refractivity contribution in [2.45, 2.75) is 19.0 Å². The Kier molecular flexibility index (Phi) is 7.97. The van der Waals surface area contributed by atoms with Gasteiger partial charge in [0.25, 0.3) is 0 Å². The monoisotopic (exact) mass is 384 g/mol. The fraction of sp³-hybridized carbons (Fsp3) is 0.467. The van der Waals surface area contributed by atoms with Crippen molar-refractivity contribution in [3.05, 3.63) is 17.7 Å². The van der Waals surface area contributed by atoms with Crippen molar-refractivity contribution in [1.82, 2.24) is 19.1 Å². The summed E-state index contributed by atoms with van der Waals surface area (Å²) in [6.45, 7) is 4.16. The molecule has 0 atom stereocenters. The number of esters is 2.